The molecule has 0 aliphatic heterocycles. The molecule has 0 amide bonds. The van der Waals surface area contributed by atoms with E-state index in [0.717, 1.165) is 0 Å². The summed E-state index contributed by atoms with van der Waals surface area (Å²) in [5.41, 5.74) is 5.44. The SMILES string of the molecule is CC(C)(C)OC(=O)C(C(=O)O)C(N)c1cc(Cl)cc(Cl)c1. The number of carboxylic acids is 1. The number of rotatable bonds is 4. The van der Waals surface area contributed by atoms with E-state index in [9.17, 15) is 14.7 Å². The normalized spacial score (nSPS) is 14.4. The minimum absolute atomic E-state index is 0.307. The summed E-state index contributed by atoms with van der Waals surface area (Å²) in [5, 5.41) is 9.88. The lowest BCUT2D eigenvalue weighted by molar-refractivity contribution is -0.167. The van der Waals surface area contributed by atoms with Gasteiger partial charge in [0, 0.05) is 10.0 Å². The van der Waals surface area contributed by atoms with Crippen LogP contribution in [0, 0.1) is 5.92 Å². The quantitative estimate of drug-likeness (QED) is 0.652. The van der Waals surface area contributed by atoms with Crippen molar-refractivity contribution >= 4 is 35.1 Å². The highest BCUT2D eigenvalue weighted by molar-refractivity contribution is 6.34. The number of esters is 1. The first-order valence-electron chi connectivity index (χ1n) is 6.18. The molecule has 5 nitrogen and oxygen atoms in total. The number of hydrogen-bond acceptors (Lipinski definition) is 4. The third-order valence-corrected chi connectivity index (χ3v) is 2.99. The van der Waals surface area contributed by atoms with Crippen LogP contribution in [0.3, 0.4) is 0 Å². The highest BCUT2D eigenvalue weighted by Gasteiger charge is 2.37. The van der Waals surface area contributed by atoms with E-state index >= 15 is 0 Å². The molecular formula is C14H17Cl2NO4. The van der Waals surface area contributed by atoms with Crippen molar-refractivity contribution in [1.82, 2.24) is 0 Å². The van der Waals surface area contributed by atoms with Gasteiger partial charge in [0.2, 0.25) is 0 Å². The molecule has 0 aromatic heterocycles. The van der Waals surface area contributed by atoms with Crippen LogP contribution in [0.15, 0.2) is 18.2 Å². The van der Waals surface area contributed by atoms with Gasteiger partial charge < -0.3 is 15.6 Å². The fraction of sp³-hybridized carbons (Fsp3) is 0.429. The van der Waals surface area contributed by atoms with Crippen LogP contribution in [0.25, 0.3) is 0 Å². The molecule has 0 fully saturated rings. The Kier molecular flexibility index (Phi) is 5.61. The zero-order valence-electron chi connectivity index (χ0n) is 11.9. The van der Waals surface area contributed by atoms with Crippen molar-refractivity contribution in [2.45, 2.75) is 32.4 Å². The number of carbonyl (C=O) groups is 2. The Morgan fingerprint density at radius 2 is 1.67 bits per heavy atom. The lowest BCUT2D eigenvalue weighted by atomic mass is 9.93. The maximum absolute atomic E-state index is 12.0. The molecule has 2 unspecified atom stereocenters. The van der Waals surface area contributed by atoms with Crippen molar-refractivity contribution in [2.75, 3.05) is 0 Å². The first-order chi connectivity index (χ1) is 9.51. The van der Waals surface area contributed by atoms with Crippen LogP contribution in [0.2, 0.25) is 10.0 Å². The molecule has 0 spiro atoms. The monoisotopic (exact) mass is 333 g/mol. The van der Waals surface area contributed by atoms with E-state index in [1.165, 1.54) is 18.2 Å². The maximum Gasteiger partial charge on any atom is 0.322 e. The molecule has 1 aromatic rings. The number of nitrogens with two attached hydrogens (primary N) is 1. The molecule has 0 radical (unpaired) electrons. The van der Waals surface area contributed by atoms with E-state index in [0.29, 0.717) is 15.6 Å². The van der Waals surface area contributed by atoms with E-state index in [2.05, 4.69) is 0 Å². The molecule has 0 aliphatic carbocycles. The van der Waals surface area contributed by atoms with Gasteiger partial charge in [-0.15, -0.1) is 0 Å². The average molecular weight is 334 g/mol. The van der Waals surface area contributed by atoms with Crippen LogP contribution >= 0.6 is 23.2 Å². The predicted octanol–water partition coefficient (Wildman–Crippen LogP) is 3.04. The maximum atomic E-state index is 12.0. The average Bonchev–Trinajstić information content (AvgIpc) is 2.24. The van der Waals surface area contributed by atoms with Crippen molar-refractivity contribution in [3.8, 4) is 0 Å². The molecular weight excluding hydrogens is 317 g/mol. The molecule has 0 heterocycles. The Bertz CT molecular complexity index is 534. The third-order valence-electron chi connectivity index (χ3n) is 2.56. The number of aliphatic carboxylic acids is 1. The summed E-state index contributed by atoms with van der Waals surface area (Å²) < 4.78 is 5.10. The Hall–Kier alpha value is -1.30. The molecule has 1 aromatic carbocycles. The molecule has 1 rings (SSSR count). The summed E-state index contributed by atoms with van der Waals surface area (Å²) in [4.78, 5) is 23.4. The van der Waals surface area contributed by atoms with Crippen molar-refractivity contribution in [3.63, 3.8) is 0 Å². The number of benzene rings is 1. The highest BCUT2D eigenvalue weighted by Crippen LogP contribution is 2.28. The Labute approximate surface area is 133 Å². The number of carboxylic acid groups (broad SMARTS) is 1. The summed E-state index contributed by atoms with van der Waals surface area (Å²) >= 11 is 11.7. The van der Waals surface area contributed by atoms with E-state index < -0.39 is 29.5 Å². The van der Waals surface area contributed by atoms with Crippen molar-refractivity contribution in [2.24, 2.45) is 11.7 Å². The highest BCUT2D eigenvalue weighted by atomic mass is 35.5. The summed E-state index contributed by atoms with van der Waals surface area (Å²) in [6.07, 6.45) is 0. The topological polar surface area (TPSA) is 89.6 Å². The van der Waals surface area contributed by atoms with Gasteiger partial charge in [0.1, 0.15) is 5.60 Å². The number of ether oxygens (including phenoxy) is 1. The minimum atomic E-state index is -1.54. The standard InChI is InChI=1S/C14H17Cl2NO4/c1-14(2,3)21-13(20)10(12(18)19)11(17)7-4-8(15)6-9(16)5-7/h4-6,10-11H,17H2,1-3H3,(H,18,19). The van der Waals surface area contributed by atoms with Crippen LogP contribution in [-0.2, 0) is 14.3 Å². The molecule has 0 saturated carbocycles. The van der Waals surface area contributed by atoms with Gasteiger partial charge in [-0.25, -0.2) is 0 Å². The second kappa shape index (κ2) is 6.64. The van der Waals surface area contributed by atoms with Crippen LogP contribution in [0.4, 0.5) is 0 Å². The molecule has 7 heteroatoms. The first-order valence-corrected chi connectivity index (χ1v) is 6.94. The largest absolute Gasteiger partial charge is 0.481 e. The lowest BCUT2D eigenvalue weighted by Crippen LogP contribution is -2.39. The number of hydrogen-bond donors (Lipinski definition) is 2. The van der Waals surface area contributed by atoms with Crippen molar-refractivity contribution in [3.05, 3.63) is 33.8 Å². The van der Waals surface area contributed by atoms with Gasteiger partial charge in [0.05, 0.1) is 6.04 Å². The Morgan fingerprint density at radius 3 is 2.05 bits per heavy atom. The zero-order chi connectivity index (χ0) is 16.4. The van der Waals surface area contributed by atoms with Gasteiger partial charge in [-0.3, -0.25) is 9.59 Å². The van der Waals surface area contributed by atoms with Crippen LogP contribution < -0.4 is 5.73 Å². The van der Waals surface area contributed by atoms with E-state index in [-0.39, 0.29) is 0 Å². The molecule has 3 N–H and O–H groups in total. The minimum Gasteiger partial charge on any atom is -0.481 e. The fourth-order valence-electron chi connectivity index (χ4n) is 1.73. The van der Waals surface area contributed by atoms with Crippen molar-refractivity contribution < 1.29 is 19.4 Å². The van der Waals surface area contributed by atoms with Gasteiger partial charge in [0.15, 0.2) is 5.92 Å². The Morgan fingerprint density at radius 1 is 1.19 bits per heavy atom. The molecule has 21 heavy (non-hydrogen) atoms. The second-order valence-corrected chi connectivity index (χ2v) is 6.45. The third kappa shape index (κ3) is 5.19. The lowest BCUT2D eigenvalue weighted by Gasteiger charge is -2.25. The molecule has 0 aliphatic rings. The Balaban J connectivity index is 3.10. The molecule has 0 bridgehead atoms. The predicted molar refractivity (Wildman–Crippen MR) is 80.4 cm³/mol. The molecule has 2 atom stereocenters. The number of halogens is 2. The smallest absolute Gasteiger partial charge is 0.322 e. The fourth-order valence-corrected chi connectivity index (χ4v) is 2.27. The second-order valence-electron chi connectivity index (χ2n) is 5.58. The van der Waals surface area contributed by atoms with E-state index in [1.54, 1.807) is 20.8 Å². The van der Waals surface area contributed by atoms with Gasteiger partial charge >= 0.3 is 11.9 Å². The summed E-state index contributed by atoms with van der Waals surface area (Å²) in [5.74, 6) is -3.81. The van der Waals surface area contributed by atoms with Gasteiger partial charge in [-0.2, -0.15) is 0 Å². The summed E-state index contributed by atoms with van der Waals surface area (Å²) in [6, 6.07) is 3.31. The van der Waals surface area contributed by atoms with Gasteiger partial charge in [-0.05, 0) is 44.5 Å². The van der Waals surface area contributed by atoms with Crippen molar-refractivity contribution in [1.29, 1.82) is 0 Å². The molecule has 0 saturated heterocycles. The van der Waals surface area contributed by atoms with Gasteiger partial charge in [0.25, 0.3) is 0 Å². The van der Waals surface area contributed by atoms with Crippen LogP contribution in [0.1, 0.15) is 32.4 Å². The van der Waals surface area contributed by atoms with E-state index in [1.807, 2.05) is 0 Å². The zero-order valence-corrected chi connectivity index (χ0v) is 13.4. The van der Waals surface area contributed by atoms with Gasteiger partial charge in [-0.1, -0.05) is 23.2 Å². The number of carbonyl (C=O) groups excluding carboxylic acids is 1. The summed E-state index contributed by atoms with van der Waals surface area (Å²) in [7, 11) is 0. The summed E-state index contributed by atoms with van der Waals surface area (Å²) in [6.45, 7) is 4.93. The first kappa shape index (κ1) is 17.8. The van der Waals surface area contributed by atoms with Crippen LogP contribution in [0.5, 0.6) is 0 Å². The van der Waals surface area contributed by atoms with Crippen LogP contribution in [-0.4, -0.2) is 22.6 Å². The molecule has 116 valence electrons. The van der Waals surface area contributed by atoms with E-state index in [4.69, 9.17) is 33.7 Å².